The first-order valence-electron chi connectivity index (χ1n) is 6.48. The van der Waals surface area contributed by atoms with Crippen LogP contribution in [0.1, 0.15) is 30.2 Å². The lowest BCUT2D eigenvalue weighted by molar-refractivity contribution is 0.390. The van der Waals surface area contributed by atoms with Crippen molar-refractivity contribution in [2.45, 2.75) is 25.8 Å². The number of aryl methyl sites for hydroxylation is 1. The highest BCUT2D eigenvalue weighted by atomic mass is 16.5. The number of methoxy groups -OCH3 is 1. The molecule has 0 bridgehead atoms. The van der Waals surface area contributed by atoms with Gasteiger partial charge in [-0.25, -0.2) is 0 Å². The Kier molecular flexibility index (Phi) is 2.78. The number of rotatable bonds is 4. The van der Waals surface area contributed by atoms with E-state index in [1.165, 1.54) is 18.4 Å². The van der Waals surface area contributed by atoms with E-state index in [9.17, 15) is 0 Å². The van der Waals surface area contributed by atoms with Crippen molar-refractivity contribution in [1.29, 1.82) is 0 Å². The maximum atomic E-state index is 6.01. The van der Waals surface area contributed by atoms with Crippen LogP contribution in [0, 0.1) is 12.8 Å². The zero-order valence-electron chi connectivity index (χ0n) is 11.1. The van der Waals surface area contributed by atoms with Crippen molar-refractivity contribution < 1.29 is 9.15 Å². The molecule has 0 radical (unpaired) electrons. The number of hydrogen-bond acceptors (Lipinski definition) is 3. The smallest absolute Gasteiger partial charge is 0.176 e. The molecule has 1 aromatic heterocycles. The van der Waals surface area contributed by atoms with E-state index in [4.69, 9.17) is 9.15 Å². The van der Waals surface area contributed by atoms with Crippen LogP contribution < -0.4 is 10.1 Å². The summed E-state index contributed by atoms with van der Waals surface area (Å²) in [6, 6.07) is 6.64. The monoisotopic (exact) mass is 245 g/mol. The van der Waals surface area contributed by atoms with Crippen molar-refractivity contribution in [2.24, 2.45) is 5.92 Å². The van der Waals surface area contributed by atoms with Crippen LogP contribution in [0.5, 0.6) is 5.75 Å². The van der Waals surface area contributed by atoms with Crippen molar-refractivity contribution >= 4 is 11.0 Å². The van der Waals surface area contributed by atoms with E-state index in [0.717, 1.165) is 28.4 Å². The van der Waals surface area contributed by atoms with E-state index < -0.39 is 0 Å². The lowest BCUT2D eigenvalue weighted by Crippen LogP contribution is -2.17. The van der Waals surface area contributed by atoms with E-state index >= 15 is 0 Å². The Morgan fingerprint density at radius 3 is 2.72 bits per heavy atom. The Morgan fingerprint density at radius 1 is 1.33 bits per heavy atom. The molecule has 0 saturated heterocycles. The fourth-order valence-electron chi connectivity index (χ4n) is 2.63. The second kappa shape index (κ2) is 4.32. The molecular weight excluding hydrogens is 226 g/mol. The number of nitrogens with one attached hydrogen (secondary N) is 1. The number of benzene rings is 1. The molecule has 1 fully saturated rings. The van der Waals surface area contributed by atoms with Gasteiger partial charge >= 0.3 is 0 Å². The van der Waals surface area contributed by atoms with Crippen molar-refractivity contribution in [3.05, 3.63) is 29.5 Å². The molecule has 1 heterocycles. The average Bonchev–Trinajstić information content (AvgIpc) is 3.09. The number of furan rings is 1. The van der Waals surface area contributed by atoms with Gasteiger partial charge in [0.25, 0.3) is 0 Å². The largest absolute Gasteiger partial charge is 0.493 e. The van der Waals surface area contributed by atoms with Gasteiger partial charge in [0, 0.05) is 5.39 Å². The zero-order chi connectivity index (χ0) is 12.7. The van der Waals surface area contributed by atoms with Crippen molar-refractivity contribution in [3.63, 3.8) is 0 Å². The van der Waals surface area contributed by atoms with Gasteiger partial charge in [-0.05, 0) is 56.5 Å². The molecule has 18 heavy (non-hydrogen) atoms. The second-order valence-corrected chi connectivity index (χ2v) is 5.14. The van der Waals surface area contributed by atoms with E-state index in [1.807, 2.05) is 13.1 Å². The highest BCUT2D eigenvalue weighted by Gasteiger charge is 2.33. The molecule has 3 nitrogen and oxygen atoms in total. The molecule has 0 amide bonds. The van der Waals surface area contributed by atoms with Crippen molar-refractivity contribution in [3.8, 4) is 5.75 Å². The molecule has 1 aliphatic rings. The van der Waals surface area contributed by atoms with Gasteiger partial charge in [0.15, 0.2) is 11.3 Å². The van der Waals surface area contributed by atoms with Crippen molar-refractivity contribution in [2.75, 3.05) is 14.2 Å². The van der Waals surface area contributed by atoms with E-state index in [2.05, 4.69) is 24.4 Å². The van der Waals surface area contributed by atoms with E-state index in [1.54, 1.807) is 7.11 Å². The van der Waals surface area contributed by atoms with Gasteiger partial charge in [-0.3, -0.25) is 0 Å². The van der Waals surface area contributed by atoms with Gasteiger partial charge in [0.2, 0.25) is 0 Å². The van der Waals surface area contributed by atoms with E-state index in [-0.39, 0.29) is 0 Å². The normalized spacial score (nSPS) is 17.1. The van der Waals surface area contributed by atoms with Gasteiger partial charge < -0.3 is 14.5 Å². The first kappa shape index (κ1) is 11.6. The minimum absolute atomic E-state index is 0.336. The first-order chi connectivity index (χ1) is 8.72. The van der Waals surface area contributed by atoms with Gasteiger partial charge in [-0.1, -0.05) is 0 Å². The fraction of sp³-hybridized carbons (Fsp3) is 0.467. The second-order valence-electron chi connectivity index (χ2n) is 5.14. The molecule has 96 valence electrons. The SMILES string of the molecule is CNC(c1cc2cc(C)cc(OC)c2o1)C1CC1. The maximum absolute atomic E-state index is 6.01. The van der Waals surface area contributed by atoms with Crippen molar-refractivity contribution in [1.82, 2.24) is 5.32 Å². The zero-order valence-corrected chi connectivity index (χ0v) is 11.1. The summed E-state index contributed by atoms with van der Waals surface area (Å²) >= 11 is 0. The van der Waals surface area contributed by atoms with Crippen LogP contribution in [0.25, 0.3) is 11.0 Å². The van der Waals surface area contributed by atoms with Crippen LogP contribution in [0.3, 0.4) is 0 Å². The molecule has 3 rings (SSSR count). The standard InChI is InChI=1S/C15H19NO2/c1-9-6-11-8-12(14(16-2)10-4-5-10)18-15(11)13(7-9)17-3/h6-8,10,14,16H,4-5H2,1-3H3. The third-order valence-corrected chi connectivity index (χ3v) is 3.68. The lowest BCUT2D eigenvalue weighted by Gasteiger charge is -2.11. The summed E-state index contributed by atoms with van der Waals surface area (Å²) < 4.78 is 11.4. The predicted molar refractivity (Wildman–Crippen MR) is 72.0 cm³/mol. The Hall–Kier alpha value is -1.48. The highest BCUT2D eigenvalue weighted by Crippen LogP contribution is 2.43. The highest BCUT2D eigenvalue weighted by molar-refractivity contribution is 5.84. The molecule has 1 unspecified atom stereocenters. The first-order valence-corrected chi connectivity index (χ1v) is 6.48. The van der Waals surface area contributed by atoms with Crippen LogP contribution in [0.2, 0.25) is 0 Å². The summed E-state index contributed by atoms with van der Waals surface area (Å²) in [5, 5.41) is 4.49. The summed E-state index contributed by atoms with van der Waals surface area (Å²) in [5.41, 5.74) is 2.05. The molecule has 1 N–H and O–H groups in total. The summed E-state index contributed by atoms with van der Waals surface area (Å²) in [5.74, 6) is 2.57. The fourth-order valence-corrected chi connectivity index (χ4v) is 2.63. The molecule has 2 aromatic rings. The molecular formula is C15H19NO2. The number of hydrogen-bond donors (Lipinski definition) is 1. The van der Waals surface area contributed by atoms with Gasteiger partial charge in [0.05, 0.1) is 13.2 Å². The topological polar surface area (TPSA) is 34.4 Å². The minimum atomic E-state index is 0.336. The van der Waals surface area contributed by atoms with Crippen LogP contribution in [-0.4, -0.2) is 14.2 Å². The molecule has 1 saturated carbocycles. The Bertz CT molecular complexity index is 569. The Labute approximate surface area is 107 Å². The maximum Gasteiger partial charge on any atom is 0.176 e. The van der Waals surface area contributed by atoms with Gasteiger partial charge in [0.1, 0.15) is 5.76 Å². The predicted octanol–water partition coefficient (Wildman–Crippen LogP) is 3.42. The molecule has 3 heteroatoms. The van der Waals surface area contributed by atoms with Crippen LogP contribution in [-0.2, 0) is 0 Å². The molecule has 1 aliphatic carbocycles. The lowest BCUT2D eigenvalue weighted by atomic mass is 10.1. The summed E-state index contributed by atoms with van der Waals surface area (Å²) in [7, 11) is 3.69. The van der Waals surface area contributed by atoms with Gasteiger partial charge in [-0.2, -0.15) is 0 Å². The van der Waals surface area contributed by atoms with E-state index in [0.29, 0.717) is 6.04 Å². The third-order valence-electron chi connectivity index (χ3n) is 3.68. The van der Waals surface area contributed by atoms with Gasteiger partial charge in [-0.15, -0.1) is 0 Å². The molecule has 0 spiro atoms. The number of ether oxygens (including phenoxy) is 1. The molecule has 1 atom stereocenters. The van der Waals surface area contributed by atoms with Crippen LogP contribution in [0.4, 0.5) is 0 Å². The summed E-state index contributed by atoms with van der Waals surface area (Å²) in [6.45, 7) is 2.07. The average molecular weight is 245 g/mol. The Balaban J connectivity index is 2.09. The van der Waals surface area contributed by atoms with Crippen LogP contribution >= 0.6 is 0 Å². The number of fused-ring (bicyclic) bond motifs is 1. The quantitative estimate of drug-likeness (QED) is 0.896. The summed E-state index contributed by atoms with van der Waals surface area (Å²) in [6.07, 6.45) is 2.58. The third kappa shape index (κ3) is 1.89. The minimum Gasteiger partial charge on any atom is -0.493 e. The van der Waals surface area contributed by atoms with Crippen LogP contribution in [0.15, 0.2) is 22.6 Å². The molecule has 1 aromatic carbocycles. The summed E-state index contributed by atoms with van der Waals surface area (Å²) in [4.78, 5) is 0. The molecule has 0 aliphatic heterocycles. The Morgan fingerprint density at radius 2 is 2.11 bits per heavy atom.